The fourth-order valence-electron chi connectivity index (χ4n) is 3.61. The lowest BCUT2D eigenvalue weighted by atomic mass is 10.0. The van der Waals surface area contributed by atoms with E-state index >= 15 is 0 Å². The van der Waals surface area contributed by atoms with Gasteiger partial charge < -0.3 is 20.4 Å². The van der Waals surface area contributed by atoms with Crippen molar-refractivity contribution in [3.05, 3.63) is 29.3 Å². The number of hydrogen-bond donors (Lipinski definition) is 1. The lowest BCUT2D eigenvalue weighted by Crippen LogP contribution is -2.50. The quantitative estimate of drug-likeness (QED) is 0.390. The fourth-order valence-corrected chi connectivity index (χ4v) is 3.74. The maximum atomic E-state index is 12.4. The number of benzene rings is 1. The molecule has 0 radical (unpaired) electrons. The summed E-state index contributed by atoms with van der Waals surface area (Å²) in [5, 5.41) is 0.737. The monoisotopic (exact) mass is 505 g/mol. The van der Waals surface area contributed by atoms with E-state index in [0.29, 0.717) is 25.0 Å². The number of guanidine groups is 1. The fraction of sp³-hybridized carbons (Fsp3) is 0.579. The molecule has 1 atom stereocenters. The number of likely N-dealkylation sites (tertiary alicyclic amines) is 1. The SMILES string of the molecule is CC1CCCN(C(N)=NCC(=O)N2CCN(c3ccc(Cl)cc3)CC2)C1.I. The zero-order chi connectivity index (χ0) is 18.5. The van der Waals surface area contributed by atoms with Crippen molar-refractivity contribution in [2.45, 2.75) is 19.8 Å². The van der Waals surface area contributed by atoms with Gasteiger partial charge in [-0.3, -0.25) is 4.79 Å². The standard InChI is InChI=1S/C19H28ClN5O.HI/c1-15-3-2-8-25(14-15)19(21)22-13-18(26)24-11-9-23(10-12-24)17-6-4-16(20)5-7-17;/h4-7,15H,2-3,8-14H2,1H3,(H2,21,22);1H. The van der Waals surface area contributed by atoms with E-state index in [1.54, 1.807) is 0 Å². The number of halogens is 2. The molecule has 27 heavy (non-hydrogen) atoms. The molecule has 1 aromatic rings. The molecule has 2 aliphatic heterocycles. The largest absolute Gasteiger partial charge is 0.370 e. The van der Waals surface area contributed by atoms with Crippen molar-refractivity contribution >= 4 is 53.1 Å². The van der Waals surface area contributed by atoms with Gasteiger partial charge in [-0.2, -0.15) is 0 Å². The van der Waals surface area contributed by atoms with Crippen LogP contribution in [0.2, 0.25) is 5.02 Å². The predicted octanol–water partition coefficient (Wildman–Crippen LogP) is 2.65. The Bertz CT molecular complexity index is 646. The Morgan fingerprint density at radius 1 is 1.15 bits per heavy atom. The first kappa shape index (κ1) is 22.1. The van der Waals surface area contributed by atoms with E-state index in [1.807, 2.05) is 29.2 Å². The van der Waals surface area contributed by atoms with Crippen molar-refractivity contribution in [1.82, 2.24) is 9.80 Å². The molecule has 1 amide bonds. The molecule has 2 heterocycles. The zero-order valence-electron chi connectivity index (χ0n) is 15.8. The number of amides is 1. The summed E-state index contributed by atoms with van der Waals surface area (Å²) in [4.78, 5) is 23.0. The topological polar surface area (TPSA) is 65.2 Å². The lowest BCUT2D eigenvalue weighted by molar-refractivity contribution is -0.129. The van der Waals surface area contributed by atoms with Crippen LogP contribution in [0.1, 0.15) is 19.8 Å². The highest BCUT2D eigenvalue weighted by atomic mass is 127. The van der Waals surface area contributed by atoms with Crippen LogP contribution in [-0.2, 0) is 4.79 Å². The Morgan fingerprint density at radius 3 is 2.44 bits per heavy atom. The van der Waals surface area contributed by atoms with Gasteiger partial charge in [-0.05, 0) is 43.0 Å². The van der Waals surface area contributed by atoms with Crippen LogP contribution in [0, 0.1) is 5.92 Å². The van der Waals surface area contributed by atoms with Crippen LogP contribution in [0.5, 0.6) is 0 Å². The summed E-state index contributed by atoms with van der Waals surface area (Å²) in [7, 11) is 0. The van der Waals surface area contributed by atoms with Crippen molar-refractivity contribution < 1.29 is 4.79 Å². The van der Waals surface area contributed by atoms with Crippen molar-refractivity contribution in [2.75, 3.05) is 50.7 Å². The predicted molar refractivity (Wildman–Crippen MR) is 122 cm³/mol. The maximum Gasteiger partial charge on any atom is 0.244 e. The minimum atomic E-state index is 0. The van der Waals surface area contributed by atoms with Gasteiger partial charge in [0.2, 0.25) is 5.91 Å². The summed E-state index contributed by atoms with van der Waals surface area (Å²) in [5.74, 6) is 1.19. The molecule has 1 unspecified atom stereocenters. The van der Waals surface area contributed by atoms with E-state index in [9.17, 15) is 4.79 Å². The molecule has 8 heteroatoms. The van der Waals surface area contributed by atoms with Crippen molar-refractivity contribution in [2.24, 2.45) is 16.6 Å². The maximum absolute atomic E-state index is 12.4. The molecule has 2 fully saturated rings. The highest BCUT2D eigenvalue weighted by molar-refractivity contribution is 14.0. The number of carbonyl (C=O) groups excluding carboxylic acids is 1. The molecule has 0 spiro atoms. The van der Waals surface area contributed by atoms with Crippen molar-refractivity contribution in [1.29, 1.82) is 0 Å². The molecule has 0 aromatic heterocycles. The van der Waals surface area contributed by atoms with Gasteiger partial charge in [0.05, 0.1) is 0 Å². The van der Waals surface area contributed by atoms with Gasteiger partial charge in [-0.1, -0.05) is 18.5 Å². The van der Waals surface area contributed by atoms with Gasteiger partial charge in [0.15, 0.2) is 5.96 Å². The molecule has 2 saturated heterocycles. The van der Waals surface area contributed by atoms with Gasteiger partial charge >= 0.3 is 0 Å². The minimum Gasteiger partial charge on any atom is -0.370 e. The Hall–Kier alpha value is -1.22. The second-order valence-electron chi connectivity index (χ2n) is 7.21. The first-order valence-corrected chi connectivity index (χ1v) is 9.74. The zero-order valence-corrected chi connectivity index (χ0v) is 18.9. The van der Waals surface area contributed by atoms with Crippen LogP contribution in [-0.4, -0.2) is 67.5 Å². The molecule has 2 aliphatic rings. The van der Waals surface area contributed by atoms with E-state index in [2.05, 4.69) is 21.7 Å². The number of carbonyl (C=O) groups is 1. The van der Waals surface area contributed by atoms with Crippen LogP contribution in [0.15, 0.2) is 29.3 Å². The number of hydrogen-bond acceptors (Lipinski definition) is 3. The lowest BCUT2D eigenvalue weighted by Gasteiger charge is -2.36. The van der Waals surface area contributed by atoms with E-state index < -0.39 is 0 Å². The third kappa shape index (κ3) is 6.14. The van der Waals surface area contributed by atoms with E-state index in [0.717, 1.165) is 43.3 Å². The van der Waals surface area contributed by atoms with Crippen LogP contribution < -0.4 is 10.6 Å². The van der Waals surface area contributed by atoms with Gasteiger partial charge in [0, 0.05) is 50.0 Å². The number of nitrogens with two attached hydrogens (primary N) is 1. The molecular formula is C19H29ClIN5O. The summed E-state index contributed by atoms with van der Waals surface area (Å²) in [6.45, 7) is 7.28. The number of anilines is 1. The average molecular weight is 506 g/mol. The van der Waals surface area contributed by atoms with Crippen LogP contribution in [0.25, 0.3) is 0 Å². The van der Waals surface area contributed by atoms with Crippen LogP contribution in [0.4, 0.5) is 5.69 Å². The Balaban J connectivity index is 0.00000261. The Morgan fingerprint density at radius 2 is 1.81 bits per heavy atom. The number of nitrogens with zero attached hydrogens (tertiary/aromatic N) is 4. The Kier molecular flexibility index (Phi) is 8.47. The van der Waals surface area contributed by atoms with Gasteiger partial charge in [-0.15, -0.1) is 24.0 Å². The first-order chi connectivity index (χ1) is 12.5. The average Bonchev–Trinajstić information content (AvgIpc) is 2.66. The first-order valence-electron chi connectivity index (χ1n) is 9.36. The van der Waals surface area contributed by atoms with E-state index in [-0.39, 0.29) is 36.4 Å². The van der Waals surface area contributed by atoms with Gasteiger partial charge in [0.1, 0.15) is 6.54 Å². The smallest absolute Gasteiger partial charge is 0.244 e. The van der Waals surface area contributed by atoms with E-state index in [1.165, 1.54) is 6.42 Å². The number of piperidine rings is 1. The molecule has 0 saturated carbocycles. The molecule has 0 bridgehead atoms. The number of rotatable bonds is 3. The highest BCUT2D eigenvalue weighted by Crippen LogP contribution is 2.19. The van der Waals surface area contributed by atoms with Crippen molar-refractivity contribution in [3.8, 4) is 0 Å². The second kappa shape index (κ2) is 10.4. The molecule has 3 rings (SSSR count). The number of piperazine rings is 1. The van der Waals surface area contributed by atoms with Crippen LogP contribution in [0.3, 0.4) is 0 Å². The van der Waals surface area contributed by atoms with Gasteiger partial charge in [-0.25, -0.2) is 4.99 Å². The second-order valence-corrected chi connectivity index (χ2v) is 7.65. The van der Waals surface area contributed by atoms with Crippen LogP contribution >= 0.6 is 35.6 Å². The minimum absolute atomic E-state index is 0. The summed E-state index contributed by atoms with van der Waals surface area (Å²) >= 11 is 5.94. The molecule has 2 N–H and O–H groups in total. The summed E-state index contributed by atoms with van der Waals surface area (Å²) in [6.07, 6.45) is 2.37. The molecule has 6 nitrogen and oxygen atoms in total. The summed E-state index contributed by atoms with van der Waals surface area (Å²) in [5.41, 5.74) is 7.23. The van der Waals surface area contributed by atoms with Crippen molar-refractivity contribution in [3.63, 3.8) is 0 Å². The molecule has 0 aliphatic carbocycles. The van der Waals surface area contributed by atoms with Gasteiger partial charge in [0.25, 0.3) is 0 Å². The normalized spacial score (nSPS) is 21.0. The third-order valence-corrected chi connectivity index (χ3v) is 5.43. The summed E-state index contributed by atoms with van der Waals surface area (Å²) in [6, 6.07) is 7.83. The highest BCUT2D eigenvalue weighted by Gasteiger charge is 2.22. The molecule has 1 aromatic carbocycles. The summed E-state index contributed by atoms with van der Waals surface area (Å²) < 4.78 is 0. The molecule has 150 valence electrons. The van der Waals surface area contributed by atoms with E-state index in [4.69, 9.17) is 17.3 Å². The Labute approximate surface area is 183 Å². The number of aliphatic imine (C=N–C) groups is 1. The third-order valence-electron chi connectivity index (χ3n) is 5.18. The molecular weight excluding hydrogens is 477 g/mol.